The molecule has 0 saturated carbocycles. The predicted octanol–water partition coefficient (Wildman–Crippen LogP) is 3.94. The SMILES string of the molecule is COc1ccc(B2OC3(C(F)(F)F)CC(C)(C(F)(F)F)OC(C(F)(F)F)(C3)O2)cc1C=O. The van der Waals surface area contributed by atoms with E-state index in [1.165, 1.54) is 0 Å². The molecule has 0 amide bonds. The van der Waals surface area contributed by atoms with Crippen molar-refractivity contribution in [3.05, 3.63) is 23.8 Å². The van der Waals surface area contributed by atoms with Crippen LogP contribution >= 0.6 is 0 Å². The Morgan fingerprint density at radius 1 is 0.969 bits per heavy atom. The molecule has 0 aromatic heterocycles. The lowest BCUT2D eigenvalue weighted by molar-refractivity contribution is -0.477. The third-order valence-corrected chi connectivity index (χ3v) is 5.36. The maximum absolute atomic E-state index is 14.0. The number of benzene rings is 1. The first-order valence-electron chi connectivity index (χ1n) is 8.82. The van der Waals surface area contributed by atoms with Gasteiger partial charge in [-0.2, -0.15) is 39.5 Å². The van der Waals surface area contributed by atoms with Crippen molar-refractivity contribution in [2.45, 2.75) is 55.3 Å². The zero-order chi connectivity index (χ0) is 24.4. The van der Waals surface area contributed by atoms with Crippen LogP contribution in [0.3, 0.4) is 0 Å². The van der Waals surface area contributed by atoms with E-state index in [1.807, 2.05) is 0 Å². The number of methoxy groups -OCH3 is 1. The molecule has 3 atom stereocenters. The standard InChI is InChI=1S/C17H14BF9O5/c1-12(15(19,20)21)7-13(16(22,23)24)8-14(30-12,17(25,26)27)32-18(31-13)10-3-4-11(29-2)9(5-10)6-28/h3-6H,7-8H2,1-2H3. The van der Waals surface area contributed by atoms with Gasteiger partial charge in [0.15, 0.2) is 17.5 Å². The van der Waals surface area contributed by atoms with Crippen molar-refractivity contribution >= 4 is 18.9 Å². The van der Waals surface area contributed by atoms with Gasteiger partial charge in [-0.05, 0) is 24.5 Å². The van der Waals surface area contributed by atoms with Gasteiger partial charge in [0.05, 0.1) is 12.7 Å². The number of ether oxygens (including phenoxy) is 2. The summed E-state index contributed by atoms with van der Waals surface area (Å²) in [5, 5.41) is 0. The van der Waals surface area contributed by atoms with Gasteiger partial charge in [0.2, 0.25) is 0 Å². The van der Waals surface area contributed by atoms with Crippen molar-refractivity contribution in [1.82, 2.24) is 0 Å². The second-order valence-corrected chi connectivity index (χ2v) is 7.61. The summed E-state index contributed by atoms with van der Waals surface area (Å²) in [6.07, 6.45) is -21.0. The van der Waals surface area contributed by atoms with Crippen LogP contribution in [0.2, 0.25) is 0 Å². The van der Waals surface area contributed by atoms with Crippen LogP contribution in [0.1, 0.15) is 30.1 Å². The van der Waals surface area contributed by atoms with E-state index in [0.717, 1.165) is 25.3 Å². The van der Waals surface area contributed by atoms with Gasteiger partial charge in [0.25, 0.3) is 5.79 Å². The lowest BCUT2D eigenvalue weighted by atomic mass is 9.69. The van der Waals surface area contributed by atoms with Crippen molar-refractivity contribution in [2.24, 2.45) is 0 Å². The number of fused-ring (bicyclic) bond motifs is 2. The van der Waals surface area contributed by atoms with Gasteiger partial charge in [-0.3, -0.25) is 4.79 Å². The zero-order valence-electron chi connectivity index (χ0n) is 16.2. The Balaban J connectivity index is 2.20. The minimum absolute atomic E-state index is 0.0586. The molecule has 0 aliphatic carbocycles. The van der Waals surface area contributed by atoms with E-state index in [1.54, 1.807) is 0 Å². The van der Waals surface area contributed by atoms with Gasteiger partial charge in [0, 0.05) is 12.8 Å². The van der Waals surface area contributed by atoms with E-state index in [-0.39, 0.29) is 24.5 Å². The molecule has 2 aliphatic heterocycles. The summed E-state index contributed by atoms with van der Waals surface area (Å²) >= 11 is 0. The summed E-state index contributed by atoms with van der Waals surface area (Å²) in [5.41, 5.74) is -8.57. The largest absolute Gasteiger partial charge is 0.496 e. The van der Waals surface area contributed by atoms with Crippen LogP contribution in [-0.2, 0) is 14.0 Å². The van der Waals surface area contributed by atoms with Crippen LogP contribution in [0.25, 0.3) is 0 Å². The minimum Gasteiger partial charge on any atom is -0.496 e. The van der Waals surface area contributed by atoms with Crippen LogP contribution in [0.15, 0.2) is 18.2 Å². The molecule has 2 saturated heterocycles. The lowest BCUT2D eigenvalue weighted by Crippen LogP contribution is -2.77. The van der Waals surface area contributed by atoms with Crippen LogP contribution in [0.5, 0.6) is 5.75 Å². The van der Waals surface area contributed by atoms with Gasteiger partial charge in [-0.1, -0.05) is 6.07 Å². The number of hydrogen-bond donors (Lipinski definition) is 0. The molecule has 1 aromatic carbocycles. The summed E-state index contributed by atoms with van der Waals surface area (Å²) in [6, 6.07) is 2.85. The smallest absolute Gasteiger partial charge is 0.496 e. The van der Waals surface area contributed by atoms with Crippen molar-refractivity contribution < 1.29 is 63.1 Å². The molecular weight excluding hydrogens is 466 g/mol. The predicted molar refractivity (Wildman–Crippen MR) is 88.3 cm³/mol. The van der Waals surface area contributed by atoms with Gasteiger partial charge in [-0.15, -0.1) is 0 Å². The van der Waals surface area contributed by atoms with E-state index < -0.39 is 60.9 Å². The highest BCUT2D eigenvalue weighted by Crippen LogP contribution is 2.61. The monoisotopic (exact) mass is 480 g/mol. The Morgan fingerprint density at radius 2 is 1.59 bits per heavy atom. The Kier molecular flexibility index (Phi) is 5.59. The van der Waals surface area contributed by atoms with E-state index in [2.05, 4.69) is 9.39 Å². The molecule has 1 aromatic rings. The third-order valence-electron chi connectivity index (χ3n) is 5.36. The van der Waals surface area contributed by atoms with Crippen molar-refractivity contribution in [1.29, 1.82) is 0 Å². The van der Waals surface area contributed by atoms with E-state index in [0.29, 0.717) is 0 Å². The number of aldehydes is 1. The van der Waals surface area contributed by atoms with Gasteiger partial charge in [0.1, 0.15) is 5.75 Å². The summed E-state index contributed by atoms with van der Waals surface area (Å²) < 4.78 is 143. The van der Waals surface area contributed by atoms with Crippen molar-refractivity contribution in [3.8, 4) is 5.75 Å². The highest BCUT2D eigenvalue weighted by molar-refractivity contribution is 6.61. The molecular formula is C17H14BF9O5. The molecule has 0 N–H and O–H groups in total. The first kappa shape index (κ1) is 24.6. The molecule has 3 unspecified atom stereocenters. The highest BCUT2D eigenvalue weighted by Gasteiger charge is 2.80. The normalized spacial score (nSPS) is 31.4. The van der Waals surface area contributed by atoms with Crippen LogP contribution in [0, 0.1) is 0 Å². The molecule has 2 aliphatic rings. The Labute approximate surface area is 174 Å². The highest BCUT2D eigenvalue weighted by atomic mass is 19.4. The average molecular weight is 480 g/mol. The summed E-state index contributed by atoms with van der Waals surface area (Å²) in [7, 11) is -1.31. The second kappa shape index (κ2) is 7.25. The quantitative estimate of drug-likeness (QED) is 0.373. The number of alkyl halides is 9. The van der Waals surface area contributed by atoms with Gasteiger partial charge < -0.3 is 18.8 Å². The molecule has 0 spiro atoms. The molecule has 0 radical (unpaired) electrons. The number of hydrogen-bond acceptors (Lipinski definition) is 5. The maximum atomic E-state index is 14.0. The Hall–Kier alpha value is -2.00. The topological polar surface area (TPSA) is 54.0 Å². The van der Waals surface area contributed by atoms with E-state index in [4.69, 9.17) is 9.39 Å². The summed E-state index contributed by atoms with van der Waals surface area (Å²) in [4.78, 5) is 11.2. The fourth-order valence-corrected chi connectivity index (χ4v) is 3.75. The molecule has 2 heterocycles. The first-order chi connectivity index (χ1) is 14.4. The average Bonchev–Trinajstić information content (AvgIpc) is 2.64. The second-order valence-electron chi connectivity index (χ2n) is 7.61. The molecule has 5 nitrogen and oxygen atoms in total. The Bertz CT molecular complexity index is 860. The summed E-state index contributed by atoms with van der Waals surface area (Å²) in [6.45, 7) is 0.0675. The minimum atomic E-state index is -5.81. The molecule has 3 rings (SSSR count). The third kappa shape index (κ3) is 3.73. The van der Waals surface area contributed by atoms with Crippen LogP contribution in [-0.4, -0.2) is 56.0 Å². The lowest BCUT2D eigenvalue weighted by Gasteiger charge is -2.58. The molecule has 15 heteroatoms. The molecule has 2 bridgehead atoms. The number of halogens is 9. The molecule has 178 valence electrons. The number of carbonyl (C=O) groups excluding carboxylic acids is 1. The van der Waals surface area contributed by atoms with Gasteiger partial charge in [-0.25, -0.2) is 0 Å². The maximum Gasteiger partial charge on any atom is 0.496 e. The van der Waals surface area contributed by atoms with Crippen LogP contribution < -0.4 is 10.2 Å². The molecule has 2 fully saturated rings. The van der Waals surface area contributed by atoms with Crippen molar-refractivity contribution in [3.63, 3.8) is 0 Å². The summed E-state index contributed by atoms with van der Waals surface area (Å²) in [5.74, 6) is -4.35. The van der Waals surface area contributed by atoms with Gasteiger partial charge >= 0.3 is 25.6 Å². The fourth-order valence-electron chi connectivity index (χ4n) is 3.75. The zero-order valence-corrected chi connectivity index (χ0v) is 16.2. The van der Waals surface area contributed by atoms with Crippen molar-refractivity contribution in [2.75, 3.05) is 7.11 Å². The van der Waals surface area contributed by atoms with E-state index >= 15 is 0 Å². The van der Waals surface area contributed by atoms with E-state index in [9.17, 15) is 44.3 Å². The number of rotatable bonds is 3. The number of carbonyl (C=O) groups is 1. The van der Waals surface area contributed by atoms with Crippen LogP contribution in [0.4, 0.5) is 39.5 Å². The first-order valence-corrected chi connectivity index (χ1v) is 8.82. The fraction of sp³-hybridized carbons (Fsp3) is 0.588. The Morgan fingerprint density at radius 3 is 2.06 bits per heavy atom. The molecule has 32 heavy (non-hydrogen) atoms.